The zero-order valence-electron chi connectivity index (χ0n) is 17.2. The Labute approximate surface area is 179 Å². The molecule has 1 atom stereocenters. The highest BCUT2D eigenvalue weighted by molar-refractivity contribution is 5.94. The molecule has 2 heterocycles. The molecule has 2 aromatic carbocycles. The minimum Gasteiger partial charge on any atom is -0.354 e. The van der Waals surface area contributed by atoms with Crippen LogP contribution in [-0.4, -0.2) is 23.5 Å². The van der Waals surface area contributed by atoms with Crippen molar-refractivity contribution in [3.05, 3.63) is 65.7 Å². The number of benzene rings is 2. The average molecular weight is 427 g/mol. The molecule has 0 bridgehead atoms. The first kappa shape index (κ1) is 21.2. The number of amides is 1. The van der Waals surface area contributed by atoms with Crippen molar-refractivity contribution >= 4 is 28.3 Å². The molecule has 162 valence electrons. The van der Waals surface area contributed by atoms with Gasteiger partial charge in [-0.25, -0.2) is 4.98 Å². The van der Waals surface area contributed by atoms with E-state index in [1.807, 2.05) is 30.3 Å². The molecular weight excluding hydrogens is 403 g/mol. The number of anilines is 2. The van der Waals surface area contributed by atoms with Gasteiger partial charge in [0.05, 0.1) is 11.1 Å². The highest BCUT2D eigenvalue weighted by Crippen LogP contribution is 2.29. The number of aryl methyl sites for hydroxylation is 1. The standard InChI is InChI=1S/C24H24F3N3O/c1-16-3-2-14-30(16)22-12-7-18-15-20(10-11-21(18)29-22)28-23(31)13-6-17-4-8-19(9-5-17)24(25,26)27/h4-5,7-12,15-16H,2-3,6,13-14H2,1H3,(H,28,31)/t16-/m0/s1. The number of carbonyl (C=O) groups excluding carboxylic acids is 1. The molecule has 1 aliphatic rings. The number of carbonyl (C=O) groups is 1. The zero-order valence-corrected chi connectivity index (χ0v) is 17.2. The summed E-state index contributed by atoms with van der Waals surface area (Å²) in [7, 11) is 0. The van der Waals surface area contributed by atoms with Crippen LogP contribution in [0, 0.1) is 0 Å². The Bertz CT molecular complexity index is 1080. The van der Waals surface area contributed by atoms with E-state index in [0.717, 1.165) is 35.4 Å². The van der Waals surface area contributed by atoms with Crippen molar-refractivity contribution in [1.82, 2.24) is 4.98 Å². The predicted octanol–water partition coefficient (Wildman–Crippen LogP) is 5.81. The highest BCUT2D eigenvalue weighted by atomic mass is 19.4. The molecule has 3 aromatic rings. The van der Waals surface area contributed by atoms with Crippen LogP contribution in [0.25, 0.3) is 10.9 Å². The summed E-state index contributed by atoms with van der Waals surface area (Å²) >= 11 is 0. The summed E-state index contributed by atoms with van der Waals surface area (Å²) in [6.45, 7) is 3.23. The molecule has 0 saturated carbocycles. The molecule has 0 aliphatic carbocycles. The number of aromatic nitrogens is 1. The largest absolute Gasteiger partial charge is 0.416 e. The molecule has 0 unspecified atom stereocenters. The van der Waals surface area contributed by atoms with Gasteiger partial charge < -0.3 is 10.2 Å². The van der Waals surface area contributed by atoms with Crippen LogP contribution in [-0.2, 0) is 17.4 Å². The van der Waals surface area contributed by atoms with Gasteiger partial charge in [-0.2, -0.15) is 13.2 Å². The number of fused-ring (bicyclic) bond motifs is 1. The number of nitrogens with one attached hydrogen (secondary N) is 1. The lowest BCUT2D eigenvalue weighted by Gasteiger charge is -2.22. The van der Waals surface area contributed by atoms with Gasteiger partial charge >= 0.3 is 6.18 Å². The van der Waals surface area contributed by atoms with E-state index in [9.17, 15) is 18.0 Å². The maximum atomic E-state index is 12.6. The Morgan fingerprint density at radius 3 is 2.58 bits per heavy atom. The van der Waals surface area contributed by atoms with Crippen LogP contribution in [0.3, 0.4) is 0 Å². The SMILES string of the molecule is C[C@H]1CCCN1c1ccc2cc(NC(=O)CCc3ccc(C(F)(F)F)cc3)ccc2n1. The fourth-order valence-electron chi connectivity index (χ4n) is 3.97. The lowest BCUT2D eigenvalue weighted by atomic mass is 10.1. The van der Waals surface area contributed by atoms with Gasteiger partial charge in [0.1, 0.15) is 5.82 Å². The third-order valence-electron chi connectivity index (χ3n) is 5.73. The van der Waals surface area contributed by atoms with Crippen LogP contribution >= 0.6 is 0 Å². The van der Waals surface area contributed by atoms with E-state index in [0.29, 0.717) is 23.7 Å². The third-order valence-corrected chi connectivity index (χ3v) is 5.73. The van der Waals surface area contributed by atoms with Gasteiger partial charge in [0.15, 0.2) is 0 Å². The summed E-state index contributed by atoms with van der Waals surface area (Å²) in [4.78, 5) is 19.4. The summed E-state index contributed by atoms with van der Waals surface area (Å²) in [6.07, 6.45) is -1.44. The summed E-state index contributed by atoms with van der Waals surface area (Å²) in [5.74, 6) is 0.792. The van der Waals surface area contributed by atoms with Crippen LogP contribution < -0.4 is 10.2 Å². The van der Waals surface area contributed by atoms with Crippen LogP contribution in [0.5, 0.6) is 0 Å². The molecule has 1 aliphatic heterocycles. The van der Waals surface area contributed by atoms with Gasteiger partial charge in [-0.15, -0.1) is 0 Å². The van der Waals surface area contributed by atoms with Crippen LogP contribution in [0.15, 0.2) is 54.6 Å². The van der Waals surface area contributed by atoms with Crippen LogP contribution in [0.2, 0.25) is 0 Å². The number of hydrogen-bond donors (Lipinski definition) is 1. The summed E-state index contributed by atoms with van der Waals surface area (Å²) in [5, 5.41) is 3.80. The number of alkyl halides is 3. The van der Waals surface area contributed by atoms with E-state index in [1.165, 1.54) is 25.0 Å². The van der Waals surface area contributed by atoms with Crippen molar-refractivity contribution < 1.29 is 18.0 Å². The van der Waals surface area contributed by atoms with E-state index in [-0.39, 0.29) is 12.3 Å². The quantitative estimate of drug-likeness (QED) is 0.559. The van der Waals surface area contributed by atoms with E-state index in [2.05, 4.69) is 17.1 Å². The first-order valence-electron chi connectivity index (χ1n) is 10.4. The Morgan fingerprint density at radius 1 is 1.13 bits per heavy atom. The summed E-state index contributed by atoms with van der Waals surface area (Å²) in [6, 6.07) is 15.0. The van der Waals surface area contributed by atoms with Crippen LogP contribution in [0.1, 0.15) is 37.3 Å². The number of rotatable bonds is 5. The van der Waals surface area contributed by atoms with Crippen LogP contribution in [0.4, 0.5) is 24.7 Å². The molecule has 4 nitrogen and oxygen atoms in total. The van der Waals surface area contributed by atoms with E-state index in [4.69, 9.17) is 4.98 Å². The molecule has 0 radical (unpaired) electrons. The minimum atomic E-state index is -4.35. The number of pyridine rings is 1. The average Bonchev–Trinajstić information content (AvgIpc) is 3.17. The zero-order chi connectivity index (χ0) is 22.0. The van der Waals surface area contributed by atoms with Gasteiger partial charge in [-0.05, 0) is 74.2 Å². The summed E-state index contributed by atoms with van der Waals surface area (Å²) in [5.41, 5.74) is 1.55. The molecular formula is C24H24F3N3O. The second kappa shape index (κ2) is 8.57. The van der Waals surface area contributed by atoms with Crippen molar-refractivity contribution in [3.63, 3.8) is 0 Å². The lowest BCUT2D eigenvalue weighted by molar-refractivity contribution is -0.137. The lowest BCUT2D eigenvalue weighted by Crippen LogP contribution is -2.27. The molecule has 1 fully saturated rings. The van der Waals surface area contributed by atoms with Crippen molar-refractivity contribution in [2.75, 3.05) is 16.8 Å². The molecule has 4 rings (SSSR count). The second-order valence-corrected chi connectivity index (χ2v) is 8.00. The Hall–Kier alpha value is -3.09. The molecule has 1 aromatic heterocycles. The van der Waals surface area contributed by atoms with Gasteiger partial charge in [0.25, 0.3) is 0 Å². The first-order valence-corrected chi connectivity index (χ1v) is 10.4. The monoisotopic (exact) mass is 427 g/mol. The maximum absolute atomic E-state index is 12.6. The van der Waals surface area contributed by atoms with Gasteiger partial charge in [-0.3, -0.25) is 4.79 Å². The number of hydrogen-bond acceptors (Lipinski definition) is 3. The van der Waals surface area contributed by atoms with E-state index >= 15 is 0 Å². The van der Waals surface area contributed by atoms with Crippen molar-refractivity contribution in [3.8, 4) is 0 Å². The van der Waals surface area contributed by atoms with E-state index < -0.39 is 11.7 Å². The summed E-state index contributed by atoms with van der Waals surface area (Å²) < 4.78 is 37.9. The fraction of sp³-hybridized carbons (Fsp3) is 0.333. The Balaban J connectivity index is 1.37. The second-order valence-electron chi connectivity index (χ2n) is 8.00. The highest BCUT2D eigenvalue weighted by Gasteiger charge is 2.29. The smallest absolute Gasteiger partial charge is 0.354 e. The van der Waals surface area contributed by atoms with Crippen molar-refractivity contribution in [2.45, 2.75) is 44.8 Å². The van der Waals surface area contributed by atoms with Crippen molar-refractivity contribution in [2.24, 2.45) is 0 Å². The molecule has 1 amide bonds. The molecule has 31 heavy (non-hydrogen) atoms. The molecule has 1 N–H and O–H groups in total. The van der Waals surface area contributed by atoms with Crippen molar-refractivity contribution in [1.29, 1.82) is 0 Å². The molecule has 1 saturated heterocycles. The maximum Gasteiger partial charge on any atom is 0.416 e. The number of halogens is 3. The normalized spacial score (nSPS) is 16.6. The number of nitrogens with zero attached hydrogens (tertiary/aromatic N) is 2. The molecule has 0 spiro atoms. The minimum absolute atomic E-state index is 0.185. The Morgan fingerprint density at radius 2 is 1.90 bits per heavy atom. The third kappa shape index (κ3) is 4.98. The first-order chi connectivity index (χ1) is 14.8. The van der Waals surface area contributed by atoms with E-state index in [1.54, 1.807) is 0 Å². The molecule has 7 heteroatoms. The predicted molar refractivity (Wildman–Crippen MR) is 116 cm³/mol. The Kier molecular flexibility index (Phi) is 5.85. The fourth-order valence-corrected chi connectivity index (χ4v) is 3.97. The topological polar surface area (TPSA) is 45.2 Å². The van der Waals surface area contributed by atoms with Gasteiger partial charge in [-0.1, -0.05) is 12.1 Å². The van der Waals surface area contributed by atoms with Gasteiger partial charge in [0, 0.05) is 30.1 Å². The van der Waals surface area contributed by atoms with Gasteiger partial charge in [0.2, 0.25) is 5.91 Å².